The number of hydrogen-bond acceptors (Lipinski definition) is 5. The third-order valence-electron chi connectivity index (χ3n) is 2.87. The SMILES string of the molecule is Oc1c(C=Nc2ccccc2)sc(=S)n1Cc1ccco1. The van der Waals surface area contributed by atoms with Crippen LogP contribution in [0.25, 0.3) is 0 Å². The van der Waals surface area contributed by atoms with Crippen LogP contribution in [0.1, 0.15) is 10.6 Å². The molecule has 0 aliphatic rings. The van der Waals surface area contributed by atoms with Gasteiger partial charge >= 0.3 is 0 Å². The monoisotopic (exact) mass is 316 g/mol. The molecule has 0 radical (unpaired) electrons. The van der Waals surface area contributed by atoms with E-state index in [1.165, 1.54) is 11.3 Å². The maximum absolute atomic E-state index is 10.3. The van der Waals surface area contributed by atoms with Crippen LogP contribution in [0.3, 0.4) is 0 Å². The van der Waals surface area contributed by atoms with Crippen molar-refractivity contribution >= 4 is 35.5 Å². The minimum atomic E-state index is 0.112. The average Bonchev–Trinajstić information content (AvgIpc) is 3.10. The highest BCUT2D eigenvalue weighted by molar-refractivity contribution is 7.73. The smallest absolute Gasteiger partial charge is 0.212 e. The van der Waals surface area contributed by atoms with E-state index in [-0.39, 0.29) is 5.88 Å². The van der Waals surface area contributed by atoms with Crippen molar-refractivity contribution in [2.24, 2.45) is 4.99 Å². The highest BCUT2D eigenvalue weighted by Crippen LogP contribution is 2.26. The van der Waals surface area contributed by atoms with E-state index in [1.54, 1.807) is 23.1 Å². The van der Waals surface area contributed by atoms with E-state index < -0.39 is 0 Å². The van der Waals surface area contributed by atoms with E-state index in [4.69, 9.17) is 16.6 Å². The van der Waals surface area contributed by atoms with E-state index in [9.17, 15) is 5.11 Å². The second kappa shape index (κ2) is 6.07. The second-order valence-electron chi connectivity index (χ2n) is 4.32. The Bertz CT molecular complexity index is 802. The summed E-state index contributed by atoms with van der Waals surface area (Å²) in [5, 5.41) is 10.3. The zero-order valence-corrected chi connectivity index (χ0v) is 12.6. The first-order valence-electron chi connectivity index (χ1n) is 6.28. The lowest BCUT2D eigenvalue weighted by Gasteiger charge is -2.01. The number of benzene rings is 1. The van der Waals surface area contributed by atoms with Crippen molar-refractivity contribution < 1.29 is 9.52 Å². The molecule has 2 heterocycles. The fourth-order valence-electron chi connectivity index (χ4n) is 1.84. The van der Waals surface area contributed by atoms with E-state index >= 15 is 0 Å². The number of thiazole rings is 1. The van der Waals surface area contributed by atoms with Crippen molar-refractivity contribution in [2.45, 2.75) is 6.54 Å². The zero-order chi connectivity index (χ0) is 14.7. The minimum Gasteiger partial charge on any atom is -0.493 e. The van der Waals surface area contributed by atoms with Gasteiger partial charge in [0.2, 0.25) is 5.88 Å². The Morgan fingerprint density at radius 2 is 2.05 bits per heavy atom. The molecule has 1 aromatic carbocycles. The van der Waals surface area contributed by atoms with Gasteiger partial charge in [0.25, 0.3) is 0 Å². The molecule has 0 atom stereocenters. The summed E-state index contributed by atoms with van der Waals surface area (Å²) in [5.74, 6) is 0.854. The molecule has 6 heteroatoms. The van der Waals surface area contributed by atoms with E-state index in [1.807, 2.05) is 36.4 Å². The minimum absolute atomic E-state index is 0.112. The van der Waals surface area contributed by atoms with Gasteiger partial charge in [0, 0.05) is 0 Å². The second-order valence-corrected chi connectivity index (χ2v) is 5.99. The van der Waals surface area contributed by atoms with Gasteiger partial charge in [0.15, 0.2) is 3.95 Å². The number of aromatic hydroxyl groups is 1. The highest BCUT2D eigenvalue weighted by atomic mass is 32.1. The molecule has 0 unspecified atom stereocenters. The Labute approximate surface area is 130 Å². The molecule has 1 N–H and O–H groups in total. The molecule has 0 saturated heterocycles. The lowest BCUT2D eigenvalue weighted by molar-refractivity contribution is 0.407. The Hall–Kier alpha value is -2.18. The van der Waals surface area contributed by atoms with Crippen LogP contribution in [0.4, 0.5) is 5.69 Å². The number of para-hydroxylation sites is 1. The van der Waals surface area contributed by atoms with Gasteiger partial charge < -0.3 is 9.52 Å². The van der Waals surface area contributed by atoms with Crippen LogP contribution in [0, 0.1) is 3.95 Å². The molecule has 2 aromatic heterocycles. The van der Waals surface area contributed by atoms with E-state index in [0.29, 0.717) is 15.4 Å². The molecule has 106 valence electrons. The summed E-state index contributed by atoms with van der Waals surface area (Å²) >= 11 is 6.60. The molecule has 0 saturated carbocycles. The summed E-state index contributed by atoms with van der Waals surface area (Å²) in [7, 11) is 0. The Morgan fingerprint density at radius 1 is 1.24 bits per heavy atom. The average molecular weight is 316 g/mol. The first kappa shape index (κ1) is 13.8. The fraction of sp³-hybridized carbons (Fsp3) is 0.0667. The van der Waals surface area contributed by atoms with Gasteiger partial charge in [-0.2, -0.15) is 0 Å². The lowest BCUT2D eigenvalue weighted by atomic mass is 10.3. The predicted octanol–water partition coefficient (Wildman–Crippen LogP) is 4.38. The number of rotatable bonds is 4. The Balaban J connectivity index is 1.88. The standard InChI is InChI=1S/C15H12N2O2S2/c18-14-13(9-16-11-5-2-1-3-6-11)21-15(20)17(14)10-12-7-4-8-19-12/h1-9,18H,10H2. The molecule has 0 bridgehead atoms. The summed E-state index contributed by atoms with van der Waals surface area (Å²) in [6, 6.07) is 13.2. The predicted molar refractivity (Wildman–Crippen MR) is 86.3 cm³/mol. The van der Waals surface area contributed by atoms with Gasteiger partial charge in [-0.15, -0.1) is 0 Å². The summed E-state index contributed by atoms with van der Waals surface area (Å²) in [6.45, 7) is 0.410. The molecular weight excluding hydrogens is 304 g/mol. The zero-order valence-electron chi connectivity index (χ0n) is 11.0. The molecule has 0 aliphatic heterocycles. The fourth-order valence-corrected chi connectivity index (χ4v) is 3.02. The Kier molecular flexibility index (Phi) is 3.98. The summed E-state index contributed by atoms with van der Waals surface area (Å²) in [5.41, 5.74) is 0.828. The molecule has 3 aromatic rings. The van der Waals surface area contributed by atoms with Crippen molar-refractivity contribution in [3.63, 3.8) is 0 Å². The van der Waals surface area contributed by atoms with Crippen LogP contribution >= 0.6 is 23.6 Å². The van der Waals surface area contributed by atoms with Crippen LogP contribution in [0.15, 0.2) is 58.1 Å². The van der Waals surface area contributed by atoms with Gasteiger partial charge in [-0.1, -0.05) is 29.5 Å². The molecule has 4 nitrogen and oxygen atoms in total. The molecule has 0 fully saturated rings. The molecule has 0 amide bonds. The number of hydrogen-bond donors (Lipinski definition) is 1. The quantitative estimate of drug-likeness (QED) is 0.574. The van der Waals surface area contributed by atoms with Crippen molar-refractivity contribution in [3.05, 3.63) is 63.3 Å². The highest BCUT2D eigenvalue weighted by Gasteiger charge is 2.11. The summed E-state index contributed by atoms with van der Waals surface area (Å²) < 4.78 is 7.49. The number of furan rings is 1. The lowest BCUT2D eigenvalue weighted by Crippen LogP contribution is -1.97. The topological polar surface area (TPSA) is 50.7 Å². The third kappa shape index (κ3) is 3.12. The van der Waals surface area contributed by atoms with Crippen LogP contribution in [-0.4, -0.2) is 15.9 Å². The Morgan fingerprint density at radius 3 is 2.76 bits per heavy atom. The van der Waals surface area contributed by atoms with Crippen LogP contribution in [0.5, 0.6) is 5.88 Å². The van der Waals surface area contributed by atoms with Crippen molar-refractivity contribution in [1.29, 1.82) is 0 Å². The number of nitrogens with zero attached hydrogens (tertiary/aromatic N) is 2. The van der Waals surface area contributed by atoms with Crippen LogP contribution in [-0.2, 0) is 6.54 Å². The molecule has 3 rings (SSSR count). The van der Waals surface area contributed by atoms with E-state index in [2.05, 4.69) is 4.99 Å². The van der Waals surface area contributed by atoms with Gasteiger partial charge in [-0.3, -0.25) is 9.56 Å². The van der Waals surface area contributed by atoms with Crippen molar-refractivity contribution in [2.75, 3.05) is 0 Å². The molecular formula is C15H12N2O2S2. The summed E-state index contributed by atoms with van der Waals surface area (Å²) in [6.07, 6.45) is 3.23. The van der Waals surface area contributed by atoms with Gasteiger partial charge in [-0.25, -0.2) is 0 Å². The largest absolute Gasteiger partial charge is 0.493 e. The van der Waals surface area contributed by atoms with Gasteiger partial charge in [0.1, 0.15) is 10.6 Å². The maximum Gasteiger partial charge on any atom is 0.212 e. The number of aliphatic imine (C=N–C) groups is 1. The van der Waals surface area contributed by atoms with Crippen LogP contribution < -0.4 is 0 Å². The first-order valence-corrected chi connectivity index (χ1v) is 7.50. The van der Waals surface area contributed by atoms with Crippen molar-refractivity contribution in [1.82, 2.24) is 4.57 Å². The normalized spacial score (nSPS) is 11.2. The summed E-state index contributed by atoms with van der Waals surface area (Å²) in [4.78, 5) is 4.97. The van der Waals surface area contributed by atoms with Crippen LogP contribution in [0.2, 0.25) is 0 Å². The number of aromatic nitrogens is 1. The third-order valence-corrected chi connectivity index (χ3v) is 4.25. The molecule has 0 aliphatic carbocycles. The molecule has 21 heavy (non-hydrogen) atoms. The maximum atomic E-state index is 10.3. The molecule has 0 spiro atoms. The van der Waals surface area contributed by atoms with Gasteiger partial charge in [0.05, 0.1) is 24.7 Å². The first-order chi connectivity index (χ1) is 10.2. The van der Waals surface area contributed by atoms with E-state index in [0.717, 1.165) is 11.4 Å². The van der Waals surface area contributed by atoms with Gasteiger partial charge in [-0.05, 0) is 36.5 Å². The van der Waals surface area contributed by atoms with Crippen molar-refractivity contribution in [3.8, 4) is 5.88 Å².